The number of para-hydroxylation sites is 2. The Hall–Kier alpha value is -5.30. The smallest absolute Gasteiger partial charge is 0.308 e. The predicted octanol–water partition coefficient (Wildman–Crippen LogP) is 7.20. The molecule has 7 nitrogen and oxygen atoms in total. The first-order chi connectivity index (χ1) is 22.8. The van der Waals surface area contributed by atoms with Gasteiger partial charge in [0.25, 0.3) is 0 Å². The lowest BCUT2D eigenvalue weighted by atomic mass is 9.64. The molecule has 4 atom stereocenters. The number of hydrogen-bond donors (Lipinski definition) is 1. The van der Waals surface area contributed by atoms with Crippen molar-refractivity contribution in [3.63, 3.8) is 0 Å². The molecular weight excluding hydrogens is 588 g/mol. The van der Waals surface area contributed by atoms with Crippen LogP contribution in [0.2, 0.25) is 0 Å². The lowest BCUT2D eigenvalue weighted by Crippen LogP contribution is -2.51. The quantitative estimate of drug-likeness (QED) is 0.0917. The van der Waals surface area contributed by atoms with Gasteiger partial charge in [-0.05, 0) is 65.9 Å². The summed E-state index contributed by atoms with van der Waals surface area (Å²) in [5.74, 6) is -2.05. The zero-order valence-corrected chi connectivity index (χ0v) is 26.4. The van der Waals surface area contributed by atoms with Crippen molar-refractivity contribution in [3.05, 3.63) is 131 Å². The van der Waals surface area contributed by atoms with Crippen molar-refractivity contribution < 1.29 is 23.9 Å². The van der Waals surface area contributed by atoms with Gasteiger partial charge in [0.15, 0.2) is 11.6 Å². The highest BCUT2D eigenvalue weighted by molar-refractivity contribution is 6.18. The number of ketones is 2. The van der Waals surface area contributed by atoms with Crippen LogP contribution in [-0.4, -0.2) is 35.5 Å². The lowest BCUT2D eigenvalue weighted by Gasteiger charge is -2.37. The van der Waals surface area contributed by atoms with Gasteiger partial charge in [-0.25, -0.2) is 0 Å². The summed E-state index contributed by atoms with van der Waals surface area (Å²) in [7, 11) is 0. The summed E-state index contributed by atoms with van der Waals surface area (Å²) in [6.07, 6.45) is 8.21. The van der Waals surface area contributed by atoms with E-state index in [0.29, 0.717) is 28.1 Å². The average Bonchev–Trinajstić information content (AvgIpc) is 3.56. The molecule has 1 amide bonds. The van der Waals surface area contributed by atoms with E-state index in [1.54, 1.807) is 24.3 Å². The third-order valence-electron chi connectivity index (χ3n) is 9.80. The number of amides is 1. The van der Waals surface area contributed by atoms with Gasteiger partial charge in [0, 0.05) is 29.4 Å². The molecule has 47 heavy (non-hydrogen) atoms. The normalized spacial score (nSPS) is 22.0. The van der Waals surface area contributed by atoms with E-state index in [4.69, 9.17) is 4.74 Å². The van der Waals surface area contributed by atoms with Gasteiger partial charge in [-0.2, -0.15) is 0 Å². The molecule has 1 spiro atoms. The summed E-state index contributed by atoms with van der Waals surface area (Å²) < 4.78 is 5.22. The second-order valence-electron chi connectivity index (χ2n) is 12.6. The van der Waals surface area contributed by atoms with Crippen LogP contribution in [0.15, 0.2) is 103 Å². The maximum Gasteiger partial charge on any atom is 0.308 e. The zero-order valence-electron chi connectivity index (χ0n) is 26.4. The number of benzene rings is 4. The number of unbranched alkanes of at least 4 members (excludes halogenated alkanes) is 2. The number of carbonyl (C=O) groups excluding carboxylic acids is 4. The molecule has 236 valence electrons. The number of Topliss-reactive ketones (excluding diaryl/α,β-unsaturated/α-hetero) is 2. The minimum atomic E-state index is -1.38. The van der Waals surface area contributed by atoms with Crippen LogP contribution in [0.3, 0.4) is 0 Å². The largest absolute Gasteiger partial charge is 0.427 e. The molecule has 3 aliphatic heterocycles. The molecule has 3 aliphatic rings. The fraction of sp³-hybridized carbons (Fsp3) is 0.250. The van der Waals surface area contributed by atoms with Gasteiger partial charge in [0.1, 0.15) is 17.2 Å². The van der Waals surface area contributed by atoms with Crippen LogP contribution in [0.25, 0.3) is 6.08 Å². The van der Waals surface area contributed by atoms with E-state index in [0.717, 1.165) is 42.5 Å². The Kier molecular flexibility index (Phi) is 7.84. The SMILES string of the molecule is CCCCCc1ccc(C(=O)[C@@H]2[C@@H](C(=O)c3ccc(OC(C)=O)cc3)N3c4ccccc4C=C[C@@H]3[C@@]23C(=O)Nc2ccccc23)cc1. The van der Waals surface area contributed by atoms with Crippen LogP contribution in [0.1, 0.15) is 70.5 Å². The van der Waals surface area contributed by atoms with Crippen molar-refractivity contribution in [2.75, 3.05) is 10.2 Å². The molecule has 7 heteroatoms. The second-order valence-corrected chi connectivity index (χ2v) is 12.6. The monoisotopic (exact) mass is 624 g/mol. The molecule has 1 saturated heterocycles. The summed E-state index contributed by atoms with van der Waals surface area (Å²) in [5, 5.41) is 3.07. The zero-order chi connectivity index (χ0) is 32.7. The number of aryl methyl sites for hydroxylation is 1. The van der Waals surface area contributed by atoms with E-state index in [1.807, 2.05) is 89.8 Å². The van der Waals surface area contributed by atoms with E-state index < -0.39 is 29.4 Å². The molecule has 0 bridgehead atoms. The Morgan fingerprint density at radius 2 is 1.51 bits per heavy atom. The number of ether oxygens (including phenoxy) is 1. The van der Waals surface area contributed by atoms with E-state index in [9.17, 15) is 14.4 Å². The van der Waals surface area contributed by atoms with Gasteiger partial charge in [-0.3, -0.25) is 19.2 Å². The van der Waals surface area contributed by atoms with Crippen LogP contribution in [0.4, 0.5) is 11.4 Å². The van der Waals surface area contributed by atoms with Crippen molar-refractivity contribution in [1.29, 1.82) is 0 Å². The van der Waals surface area contributed by atoms with Gasteiger partial charge in [-0.15, -0.1) is 0 Å². The first kappa shape index (κ1) is 30.4. The van der Waals surface area contributed by atoms with Crippen molar-refractivity contribution in [2.45, 2.75) is 57.0 Å². The molecule has 1 fully saturated rings. The molecule has 7 rings (SSSR count). The van der Waals surface area contributed by atoms with Gasteiger partial charge >= 0.3 is 5.97 Å². The molecule has 4 aromatic rings. The highest BCUT2D eigenvalue weighted by atomic mass is 16.5. The number of fused-ring (bicyclic) bond motifs is 6. The van der Waals surface area contributed by atoms with E-state index in [-0.39, 0.29) is 17.5 Å². The highest BCUT2D eigenvalue weighted by Crippen LogP contribution is 2.58. The molecule has 0 aliphatic carbocycles. The Labute approximate surface area is 274 Å². The molecular formula is C40H36N2O5. The average molecular weight is 625 g/mol. The van der Waals surface area contributed by atoms with Crippen LogP contribution < -0.4 is 15.0 Å². The Bertz CT molecular complexity index is 1910. The first-order valence-corrected chi connectivity index (χ1v) is 16.3. The minimum Gasteiger partial charge on any atom is -0.427 e. The number of hydrogen-bond acceptors (Lipinski definition) is 6. The third kappa shape index (κ3) is 4.97. The van der Waals surface area contributed by atoms with Crippen LogP contribution in [0.5, 0.6) is 5.75 Å². The van der Waals surface area contributed by atoms with Gasteiger partial charge < -0.3 is 15.0 Å². The van der Waals surface area contributed by atoms with E-state index >= 15 is 4.79 Å². The van der Waals surface area contributed by atoms with Gasteiger partial charge in [0.05, 0.1) is 12.0 Å². The summed E-state index contributed by atoms with van der Waals surface area (Å²) in [6, 6.07) is 27.6. The summed E-state index contributed by atoms with van der Waals surface area (Å²) >= 11 is 0. The predicted molar refractivity (Wildman–Crippen MR) is 182 cm³/mol. The van der Waals surface area contributed by atoms with Crippen molar-refractivity contribution in [3.8, 4) is 5.75 Å². The molecule has 0 saturated carbocycles. The van der Waals surface area contributed by atoms with Gasteiger partial charge in [-0.1, -0.05) is 92.6 Å². The maximum absolute atomic E-state index is 15.1. The fourth-order valence-corrected chi connectivity index (χ4v) is 7.74. The number of anilines is 2. The summed E-state index contributed by atoms with van der Waals surface area (Å²) in [6.45, 7) is 3.49. The number of nitrogens with zero attached hydrogens (tertiary/aromatic N) is 1. The molecule has 0 radical (unpaired) electrons. The molecule has 3 heterocycles. The number of nitrogens with one attached hydrogen (secondary N) is 1. The third-order valence-corrected chi connectivity index (χ3v) is 9.80. The molecule has 1 N–H and O–H groups in total. The van der Waals surface area contributed by atoms with Crippen molar-refractivity contribution >= 4 is 40.9 Å². The Morgan fingerprint density at radius 1 is 0.830 bits per heavy atom. The Morgan fingerprint density at radius 3 is 2.26 bits per heavy atom. The number of esters is 1. The Balaban J connectivity index is 1.41. The van der Waals surface area contributed by atoms with Crippen molar-refractivity contribution in [2.24, 2.45) is 5.92 Å². The van der Waals surface area contributed by atoms with E-state index in [2.05, 4.69) is 12.2 Å². The molecule has 0 aromatic heterocycles. The topological polar surface area (TPSA) is 92.8 Å². The van der Waals surface area contributed by atoms with E-state index in [1.165, 1.54) is 6.92 Å². The number of carbonyl (C=O) groups is 4. The summed E-state index contributed by atoms with van der Waals surface area (Å²) in [4.78, 5) is 58.0. The maximum atomic E-state index is 15.1. The van der Waals surface area contributed by atoms with Gasteiger partial charge in [0.2, 0.25) is 5.91 Å². The van der Waals surface area contributed by atoms with Crippen LogP contribution >= 0.6 is 0 Å². The standard InChI is InChI=1S/C40H36N2O5/c1-3-4-5-10-26-15-17-28(18-16-26)37(44)35-36(38(45)29-19-22-30(23-20-29)47-25(2)43)42-33-14-9-6-11-27(33)21-24-34(42)40(35)31-12-7-8-13-32(31)41-39(40)46/h6-9,11-24,34-36H,3-5,10H2,1-2H3,(H,41,46)/t34-,35+,36+,40-/m1/s1. The summed E-state index contributed by atoms with van der Waals surface area (Å²) in [5.41, 5.74) is 3.62. The molecule has 4 aromatic carbocycles. The van der Waals surface area contributed by atoms with Crippen LogP contribution in [-0.2, 0) is 21.4 Å². The second kappa shape index (κ2) is 12.1. The minimum absolute atomic E-state index is 0.257. The lowest BCUT2D eigenvalue weighted by molar-refractivity contribution is -0.131. The molecule has 0 unspecified atom stereocenters. The highest BCUT2D eigenvalue weighted by Gasteiger charge is 2.70. The number of rotatable bonds is 9. The first-order valence-electron chi connectivity index (χ1n) is 16.3. The van der Waals surface area contributed by atoms with Crippen LogP contribution in [0, 0.1) is 5.92 Å². The van der Waals surface area contributed by atoms with Crippen molar-refractivity contribution in [1.82, 2.24) is 0 Å². The fourth-order valence-electron chi connectivity index (χ4n) is 7.74.